The molecule has 16 heavy (non-hydrogen) atoms. The Kier molecular flexibility index (Phi) is 6.54. The van der Waals surface area contributed by atoms with Gasteiger partial charge in [0, 0.05) is 28.7 Å². The Labute approximate surface area is 102 Å². The van der Waals surface area contributed by atoms with E-state index in [1.807, 2.05) is 0 Å². The van der Waals surface area contributed by atoms with Crippen molar-refractivity contribution in [1.29, 1.82) is 0 Å². The highest BCUT2D eigenvalue weighted by atomic mass is 32.2. The van der Waals surface area contributed by atoms with Gasteiger partial charge in [0.1, 0.15) is 0 Å². The third-order valence-corrected chi connectivity index (χ3v) is 5.12. The molecule has 1 heterocycles. The summed E-state index contributed by atoms with van der Waals surface area (Å²) in [4.78, 5) is 0. The van der Waals surface area contributed by atoms with E-state index in [2.05, 4.69) is 26.1 Å². The van der Waals surface area contributed by atoms with E-state index in [4.69, 9.17) is 4.74 Å². The Morgan fingerprint density at radius 2 is 2.25 bits per heavy atom. The molecule has 1 saturated heterocycles. The zero-order chi connectivity index (χ0) is 12.0. The van der Waals surface area contributed by atoms with Gasteiger partial charge in [-0.1, -0.05) is 13.8 Å². The molecular weight excluding hydrogens is 222 g/mol. The minimum absolute atomic E-state index is 0.217. The predicted molar refractivity (Wildman–Crippen MR) is 69.2 cm³/mol. The molecule has 0 aliphatic carbocycles. The fourth-order valence-corrected chi connectivity index (χ4v) is 3.79. The molecule has 0 spiro atoms. The third-order valence-electron chi connectivity index (χ3n) is 3.26. The molecule has 0 radical (unpaired) electrons. The first-order valence-electron chi connectivity index (χ1n) is 6.41. The van der Waals surface area contributed by atoms with Crippen molar-refractivity contribution in [3.63, 3.8) is 0 Å². The van der Waals surface area contributed by atoms with Crippen LogP contribution in [0.15, 0.2) is 0 Å². The first-order valence-corrected chi connectivity index (χ1v) is 7.79. The van der Waals surface area contributed by atoms with Crippen molar-refractivity contribution in [2.24, 2.45) is 0 Å². The average molecular weight is 247 g/mol. The highest BCUT2D eigenvalue weighted by Crippen LogP contribution is 2.16. The molecule has 0 amide bonds. The molecule has 96 valence electrons. The molecule has 0 aromatic heterocycles. The second-order valence-electron chi connectivity index (χ2n) is 4.46. The van der Waals surface area contributed by atoms with E-state index in [0.717, 1.165) is 32.4 Å². The van der Waals surface area contributed by atoms with Gasteiger partial charge in [0.15, 0.2) is 0 Å². The Hall–Kier alpha value is 0.0700. The van der Waals surface area contributed by atoms with Crippen molar-refractivity contribution >= 4 is 10.8 Å². The SMILES string of the molecule is CCNC(CC)C(C)S(=O)CC1CCCO1. The average Bonchev–Trinajstić information content (AvgIpc) is 2.77. The molecule has 1 aliphatic heterocycles. The molecule has 0 saturated carbocycles. The second kappa shape index (κ2) is 7.41. The van der Waals surface area contributed by atoms with Crippen molar-refractivity contribution in [1.82, 2.24) is 5.32 Å². The summed E-state index contributed by atoms with van der Waals surface area (Å²) in [6.07, 6.45) is 3.48. The first-order chi connectivity index (χ1) is 7.69. The van der Waals surface area contributed by atoms with E-state index in [0.29, 0.717) is 11.8 Å². The molecule has 3 nitrogen and oxygen atoms in total. The van der Waals surface area contributed by atoms with Crippen molar-refractivity contribution < 1.29 is 8.95 Å². The molecule has 4 atom stereocenters. The summed E-state index contributed by atoms with van der Waals surface area (Å²) >= 11 is 0. The lowest BCUT2D eigenvalue weighted by atomic mass is 10.2. The van der Waals surface area contributed by atoms with Gasteiger partial charge >= 0.3 is 0 Å². The van der Waals surface area contributed by atoms with E-state index in [9.17, 15) is 4.21 Å². The maximum Gasteiger partial charge on any atom is 0.0691 e. The molecule has 0 aromatic rings. The second-order valence-corrected chi connectivity index (χ2v) is 6.30. The fraction of sp³-hybridized carbons (Fsp3) is 1.00. The smallest absolute Gasteiger partial charge is 0.0691 e. The van der Waals surface area contributed by atoms with Crippen LogP contribution in [0, 0.1) is 0 Å². The third kappa shape index (κ3) is 4.15. The van der Waals surface area contributed by atoms with Crippen LogP contribution >= 0.6 is 0 Å². The molecule has 0 aromatic carbocycles. The summed E-state index contributed by atoms with van der Waals surface area (Å²) in [5.74, 6) is 0.711. The van der Waals surface area contributed by atoms with Crippen LogP contribution in [0.3, 0.4) is 0 Å². The minimum atomic E-state index is -0.774. The number of hydrogen-bond donors (Lipinski definition) is 1. The Bertz CT molecular complexity index is 217. The van der Waals surface area contributed by atoms with E-state index in [1.54, 1.807) is 0 Å². The van der Waals surface area contributed by atoms with Crippen LogP contribution in [0.2, 0.25) is 0 Å². The fourth-order valence-electron chi connectivity index (χ4n) is 2.20. The molecule has 4 unspecified atom stereocenters. The molecular formula is C12H25NO2S. The number of rotatable bonds is 7. The Morgan fingerprint density at radius 1 is 1.50 bits per heavy atom. The summed E-state index contributed by atoms with van der Waals surface area (Å²) < 4.78 is 17.7. The van der Waals surface area contributed by atoms with Crippen LogP contribution in [0.5, 0.6) is 0 Å². The van der Waals surface area contributed by atoms with Crippen molar-refractivity contribution in [2.45, 2.75) is 57.4 Å². The van der Waals surface area contributed by atoms with Gasteiger partial charge in [-0.3, -0.25) is 4.21 Å². The number of ether oxygens (including phenoxy) is 1. The zero-order valence-electron chi connectivity index (χ0n) is 10.7. The van der Waals surface area contributed by atoms with Crippen molar-refractivity contribution in [3.8, 4) is 0 Å². The van der Waals surface area contributed by atoms with Gasteiger partial charge in [-0.2, -0.15) is 0 Å². The summed E-state index contributed by atoms with van der Waals surface area (Å²) in [5, 5.41) is 3.62. The van der Waals surface area contributed by atoms with Crippen molar-refractivity contribution in [2.75, 3.05) is 18.9 Å². The maximum absolute atomic E-state index is 12.2. The molecule has 1 N–H and O–H groups in total. The predicted octanol–water partition coefficient (Wildman–Crippen LogP) is 1.69. The van der Waals surface area contributed by atoms with E-state index < -0.39 is 10.8 Å². The molecule has 0 bridgehead atoms. The van der Waals surface area contributed by atoms with Crippen LogP contribution in [-0.2, 0) is 15.5 Å². The van der Waals surface area contributed by atoms with Gasteiger partial charge in [-0.05, 0) is 32.7 Å². The maximum atomic E-state index is 12.2. The number of nitrogens with one attached hydrogen (secondary N) is 1. The normalized spacial score (nSPS) is 26.6. The van der Waals surface area contributed by atoms with Gasteiger partial charge in [0.05, 0.1) is 11.9 Å². The highest BCUT2D eigenvalue weighted by molar-refractivity contribution is 7.85. The van der Waals surface area contributed by atoms with Crippen LogP contribution < -0.4 is 5.32 Å². The van der Waals surface area contributed by atoms with Crippen LogP contribution in [0.25, 0.3) is 0 Å². The van der Waals surface area contributed by atoms with Gasteiger partial charge in [-0.25, -0.2) is 0 Å². The van der Waals surface area contributed by atoms with Gasteiger partial charge in [-0.15, -0.1) is 0 Å². The standard InChI is InChI=1S/C12H25NO2S/c1-4-12(13-5-2)10(3)16(14)9-11-7-6-8-15-11/h10-13H,4-9H2,1-3H3. The first kappa shape index (κ1) is 14.1. The topological polar surface area (TPSA) is 38.3 Å². The molecule has 1 aliphatic rings. The van der Waals surface area contributed by atoms with Gasteiger partial charge in [0.2, 0.25) is 0 Å². The van der Waals surface area contributed by atoms with Crippen LogP contribution in [-0.4, -0.2) is 40.5 Å². The zero-order valence-corrected chi connectivity index (χ0v) is 11.5. The van der Waals surface area contributed by atoms with Gasteiger partial charge < -0.3 is 10.1 Å². The quantitative estimate of drug-likeness (QED) is 0.744. The minimum Gasteiger partial charge on any atom is -0.377 e. The van der Waals surface area contributed by atoms with Crippen LogP contribution in [0.4, 0.5) is 0 Å². The summed E-state index contributed by atoms with van der Waals surface area (Å²) in [6, 6.07) is 0.368. The van der Waals surface area contributed by atoms with E-state index in [1.165, 1.54) is 0 Å². The summed E-state index contributed by atoms with van der Waals surface area (Å²) in [5.41, 5.74) is 0. The monoisotopic (exact) mass is 247 g/mol. The number of hydrogen-bond acceptors (Lipinski definition) is 3. The highest BCUT2D eigenvalue weighted by Gasteiger charge is 2.25. The molecule has 1 fully saturated rings. The van der Waals surface area contributed by atoms with Gasteiger partial charge in [0.25, 0.3) is 0 Å². The lowest BCUT2D eigenvalue weighted by Gasteiger charge is -2.24. The summed E-state index contributed by atoms with van der Waals surface area (Å²) in [6.45, 7) is 8.12. The Morgan fingerprint density at radius 3 is 2.75 bits per heavy atom. The Balaban J connectivity index is 2.38. The van der Waals surface area contributed by atoms with E-state index in [-0.39, 0.29) is 11.4 Å². The van der Waals surface area contributed by atoms with E-state index >= 15 is 0 Å². The lowest BCUT2D eigenvalue weighted by Crippen LogP contribution is -2.41. The molecule has 4 heteroatoms. The largest absolute Gasteiger partial charge is 0.377 e. The van der Waals surface area contributed by atoms with Crippen molar-refractivity contribution in [3.05, 3.63) is 0 Å². The molecule has 1 rings (SSSR count). The lowest BCUT2D eigenvalue weighted by molar-refractivity contribution is 0.128. The summed E-state index contributed by atoms with van der Waals surface area (Å²) in [7, 11) is -0.774. The van der Waals surface area contributed by atoms with Crippen LogP contribution in [0.1, 0.15) is 40.0 Å².